The van der Waals surface area contributed by atoms with E-state index >= 15 is 0 Å². The number of halogens is 2. The van der Waals surface area contributed by atoms with Crippen LogP contribution in [0.5, 0.6) is 0 Å². The summed E-state index contributed by atoms with van der Waals surface area (Å²) >= 11 is 12.2. The second kappa shape index (κ2) is 13.2. The van der Waals surface area contributed by atoms with Gasteiger partial charge in [-0.2, -0.15) is 17.4 Å². The molecule has 1 amide bonds. The number of esters is 1. The van der Waals surface area contributed by atoms with E-state index < -0.39 is 28.1 Å². The molecule has 0 aliphatic heterocycles. The Hall–Kier alpha value is -2.95. The first-order valence-corrected chi connectivity index (χ1v) is 14.0. The number of carbonyl (C=O) groups is 2. The van der Waals surface area contributed by atoms with Crippen LogP contribution in [0.3, 0.4) is 0 Å². The maximum Gasteiger partial charge on any atom is 0.324 e. The van der Waals surface area contributed by atoms with Crippen LogP contribution >= 0.6 is 23.2 Å². The smallest absolute Gasteiger partial charge is 0.324 e. The van der Waals surface area contributed by atoms with Crippen molar-refractivity contribution >= 4 is 51.0 Å². The van der Waals surface area contributed by atoms with Gasteiger partial charge in [-0.15, -0.1) is 0 Å². The summed E-state index contributed by atoms with van der Waals surface area (Å²) in [6, 6.07) is 19.1. The quantitative estimate of drug-likeness (QED) is 0.309. The molecule has 0 aliphatic rings. The lowest BCUT2D eigenvalue weighted by Crippen LogP contribution is -2.51. The molecule has 11 heteroatoms. The van der Waals surface area contributed by atoms with E-state index in [9.17, 15) is 18.0 Å². The van der Waals surface area contributed by atoms with Crippen LogP contribution in [0.1, 0.15) is 35.3 Å². The van der Waals surface area contributed by atoms with Crippen LogP contribution in [0.25, 0.3) is 0 Å². The topological polar surface area (TPSA) is 105 Å². The number of hydrogen-bond donors (Lipinski definition) is 2. The summed E-state index contributed by atoms with van der Waals surface area (Å²) in [6.07, 6.45) is 0.0355. The molecule has 0 aliphatic carbocycles. The Morgan fingerprint density at radius 2 is 1.50 bits per heavy atom. The number of anilines is 1. The van der Waals surface area contributed by atoms with E-state index in [1.807, 2.05) is 30.3 Å². The largest absolute Gasteiger partial charge is 0.468 e. The first-order chi connectivity index (χ1) is 18.0. The molecule has 0 fully saturated rings. The predicted molar refractivity (Wildman–Crippen MR) is 150 cm³/mol. The second-order valence-corrected chi connectivity index (χ2v) is 11.2. The molecule has 8 nitrogen and oxygen atoms in total. The van der Waals surface area contributed by atoms with Crippen LogP contribution < -0.4 is 10.0 Å². The van der Waals surface area contributed by atoms with Crippen molar-refractivity contribution in [2.24, 2.45) is 0 Å². The third kappa shape index (κ3) is 7.78. The minimum absolute atomic E-state index is 0.0355. The second-order valence-electron chi connectivity index (χ2n) is 8.78. The fourth-order valence-electron chi connectivity index (χ4n) is 3.74. The number of hydrogen-bond acceptors (Lipinski definition) is 5. The number of amides is 1. The molecule has 202 valence electrons. The molecule has 0 radical (unpaired) electrons. The van der Waals surface area contributed by atoms with Crippen molar-refractivity contribution in [3.63, 3.8) is 0 Å². The van der Waals surface area contributed by atoms with Gasteiger partial charge in [0.15, 0.2) is 0 Å². The van der Waals surface area contributed by atoms with Gasteiger partial charge in [-0.1, -0.05) is 71.7 Å². The van der Waals surface area contributed by atoms with E-state index in [-0.39, 0.29) is 34.6 Å². The van der Waals surface area contributed by atoms with Crippen molar-refractivity contribution < 1.29 is 22.7 Å². The van der Waals surface area contributed by atoms with Crippen molar-refractivity contribution in [2.45, 2.75) is 38.9 Å². The lowest BCUT2D eigenvalue weighted by atomic mass is 10.1. The molecule has 0 bridgehead atoms. The third-order valence-electron chi connectivity index (χ3n) is 5.68. The van der Waals surface area contributed by atoms with Crippen LogP contribution in [-0.2, 0) is 32.7 Å². The van der Waals surface area contributed by atoms with E-state index in [0.29, 0.717) is 11.3 Å². The van der Waals surface area contributed by atoms with E-state index in [1.54, 1.807) is 56.3 Å². The minimum Gasteiger partial charge on any atom is -0.468 e. The number of rotatable bonds is 11. The van der Waals surface area contributed by atoms with Gasteiger partial charge in [-0.25, -0.2) is 0 Å². The summed E-state index contributed by atoms with van der Waals surface area (Å²) in [4.78, 5) is 25.2. The van der Waals surface area contributed by atoms with Crippen molar-refractivity contribution in [2.75, 3.05) is 12.4 Å². The Labute approximate surface area is 233 Å². The molecule has 0 unspecified atom stereocenters. The molecule has 38 heavy (non-hydrogen) atoms. The fraction of sp³-hybridized carbons (Fsp3) is 0.259. The van der Waals surface area contributed by atoms with Crippen molar-refractivity contribution in [3.05, 3.63) is 99.5 Å². The van der Waals surface area contributed by atoms with Gasteiger partial charge < -0.3 is 10.1 Å². The normalized spacial score (nSPS) is 12.4. The Balaban J connectivity index is 1.74. The van der Waals surface area contributed by atoms with Crippen LogP contribution in [0.15, 0.2) is 72.8 Å². The van der Waals surface area contributed by atoms with Gasteiger partial charge in [-0.3, -0.25) is 9.59 Å². The molecule has 3 rings (SSSR count). The summed E-state index contributed by atoms with van der Waals surface area (Å²) in [6.45, 7) is 3.67. The lowest BCUT2D eigenvalue weighted by Gasteiger charge is -2.28. The maximum atomic E-state index is 13.3. The average molecular weight is 579 g/mol. The van der Waals surface area contributed by atoms with Crippen molar-refractivity contribution in [1.82, 2.24) is 9.03 Å². The zero-order valence-corrected chi connectivity index (χ0v) is 23.5. The first kappa shape index (κ1) is 29.6. The average Bonchev–Trinajstić information content (AvgIpc) is 2.87. The zero-order valence-electron chi connectivity index (χ0n) is 21.1. The Morgan fingerprint density at radius 3 is 2.05 bits per heavy atom. The van der Waals surface area contributed by atoms with Gasteiger partial charge in [-0.05, 0) is 55.7 Å². The Bertz CT molecular complexity index is 1350. The third-order valence-corrected chi connectivity index (χ3v) is 8.06. The number of methoxy groups -OCH3 is 1. The Kier molecular flexibility index (Phi) is 10.3. The standard InChI is InChI=1S/C27H29Cl2N3O5S/c1-18(2)32(17-20-8-5-4-6-9-20)38(35,36)31-24(27(34)37-3)16-19-12-14-21(15-13-19)30-26(33)25-22(28)10-7-11-23(25)29/h4-15,18,24,31H,16-17H2,1-3H3,(H,30,33)/t24-/m0/s1. The molecule has 0 spiro atoms. The van der Waals surface area contributed by atoms with Gasteiger partial charge in [0, 0.05) is 18.3 Å². The van der Waals surface area contributed by atoms with Gasteiger partial charge in [0.1, 0.15) is 6.04 Å². The van der Waals surface area contributed by atoms with Crippen LogP contribution in [0, 0.1) is 0 Å². The Morgan fingerprint density at radius 1 is 0.895 bits per heavy atom. The highest BCUT2D eigenvalue weighted by atomic mass is 35.5. The molecule has 3 aromatic carbocycles. The van der Waals surface area contributed by atoms with Gasteiger partial charge in [0.2, 0.25) is 0 Å². The van der Waals surface area contributed by atoms with E-state index in [4.69, 9.17) is 27.9 Å². The molecular formula is C27H29Cl2N3O5S. The minimum atomic E-state index is -4.06. The number of carbonyl (C=O) groups excluding carboxylic acids is 2. The highest BCUT2D eigenvalue weighted by Crippen LogP contribution is 2.25. The van der Waals surface area contributed by atoms with E-state index in [0.717, 1.165) is 5.56 Å². The number of nitrogens with zero attached hydrogens (tertiary/aromatic N) is 1. The van der Waals surface area contributed by atoms with Crippen molar-refractivity contribution in [3.8, 4) is 0 Å². The zero-order chi connectivity index (χ0) is 27.9. The summed E-state index contributed by atoms with van der Waals surface area (Å²) in [5, 5.41) is 3.17. The molecule has 1 atom stereocenters. The molecule has 0 saturated heterocycles. The summed E-state index contributed by atoms with van der Waals surface area (Å²) in [5.41, 5.74) is 2.09. The fourth-order valence-corrected chi connectivity index (χ4v) is 5.86. The van der Waals surface area contributed by atoms with Crippen LogP contribution in [0.4, 0.5) is 5.69 Å². The maximum absolute atomic E-state index is 13.3. The summed E-state index contributed by atoms with van der Waals surface area (Å²) < 4.78 is 35.3. The predicted octanol–water partition coefficient (Wildman–Crippen LogP) is 5.07. The SMILES string of the molecule is COC(=O)[C@H](Cc1ccc(NC(=O)c2c(Cl)cccc2Cl)cc1)NS(=O)(=O)N(Cc1ccccc1)C(C)C. The highest BCUT2D eigenvalue weighted by molar-refractivity contribution is 7.87. The van der Waals surface area contributed by atoms with Gasteiger partial charge in [0.25, 0.3) is 16.1 Å². The van der Waals surface area contributed by atoms with E-state index in [2.05, 4.69) is 10.0 Å². The molecule has 0 aromatic heterocycles. The lowest BCUT2D eigenvalue weighted by molar-refractivity contribution is -0.142. The van der Waals surface area contributed by atoms with Crippen LogP contribution in [-0.4, -0.2) is 43.8 Å². The number of benzene rings is 3. The van der Waals surface area contributed by atoms with Gasteiger partial charge >= 0.3 is 5.97 Å². The number of ether oxygens (including phenoxy) is 1. The summed E-state index contributed by atoms with van der Waals surface area (Å²) in [7, 11) is -2.86. The summed E-state index contributed by atoms with van der Waals surface area (Å²) in [5.74, 6) is -1.19. The van der Waals surface area contributed by atoms with E-state index in [1.165, 1.54) is 11.4 Å². The first-order valence-electron chi connectivity index (χ1n) is 11.8. The molecule has 2 N–H and O–H groups in total. The van der Waals surface area contributed by atoms with Gasteiger partial charge in [0.05, 0.1) is 22.7 Å². The van der Waals surface area contributed by atoms with Crippen LogP contribution in [0.2, 0.25) is 10.0 Å². The molecule has 3 aromatic rings. The molecular weight excluding hydrogens is 549 g/mol. The monoisotopic (exact) mass is 577 g/mol. The molecule has 0 heterocycles. The molecule has 0 saturated carbocycles. The van der Waals surface area contributed by atoms with Crippen molar-refractivity contribution in [1.29, 1.82) is 0 Å². The highest BCUT2D eigenvalue weighted by Gasteiger charge is 2.31. The number of nitrogens with one attached hydrogen (secondary N) is 2.